The van der Waals surface area contributed by atoms with Crippen molar-refractivity contribution >= 4 is 15.7 Å². The number of nitrogen functional groups attached to an aromatic ring is 1. The molecule has 1 aromatic carbocycles. The van der Waals surface area contributed by atoms with Crippen LogP contribution in [0.5, 0.6) is 5.75 Å². The molecule has 2 N–H and O–H groups in total. The number of sulfonamides is 1. The first-order valence-electron chi connectivity index (χ1n) is 6.86. The minimum absolute atomic E-state index is 0.0898. The van der Waals surface area contributed by atoms with Crippen molar-refractivity contribution in [3.8, 4) is 5.75 Å². The molecular formula is C14H22N2O4S. The fraction of sp³-hybridized carbons (Fsp3) is 0.571. The van der Waals surface area contributed by atoms with Gasteiger partial charge in [-0.15, -0.1) is 0 Å². The Hall–Kier alpha value is -1.31. The number of anilines is 1. The van der Waals surface area contributed by atoms with E-state index in [2.05, 4.69) is 6.92 Å². The summed E-state index contributed by atoms with van der Waals surface area (Å²) in [5, 5.41) is 0. The molecule has 0 aromatic heterocycles. The molecule has 118 valence electrons. The first-order valence-corrected chi connectivity index (χ1v) is 8.30. The summed E-state index contributed by atoms with van der Waals surface area (Å²) in [6, 6.07) is 4.61. The van der Waals surface area contributed by atoms with Gasteiger partial charge in [0.05, 0.1) is 18.9 Å². The number of nitrogens with zero attached hydrogens (tertiary/aromatic N) is 1. The van der Waals surface area contributed by atoms with Gasteiger partial charge in [-0.25, -0.2) is 8.42 Å². The Morgan fingerprint density at radius 1 is 1.33 bits per heavy atom. The normalized spacial score (nSPS) is 24.0. The maximum atomic E-state index is 12.7. The molecule has 1 fully saturated rings. The lowest BCUT2D eigenvalue weighted by Gasteiger charge is -2.35. The van der Waals surface area contributed by atoms with Gasteiger partial charge in [0.25, 0.3) is 0 Å². The number of methoxy groups -OCH3 is 2. The predicted octanol–water partition coefficient (Wildman–Crippen LogP) is 1.32. The van der Waals surface area contributed by atoms with Crippen molar-refractivity contribution < 1.29 is 17.9 Å². The lowest BCUT2D eigenvalue weighted by atomic mass is 9.97. The quantitative estimate of drug-likeness (QED) is 0.848. The molecule has 1 aromatic rings. The lowest BCUT2D eigenvalue weighted by molar-refractivity contribution is 0.0184. The van der Waals surface area contributed by atoms with Crippen molar-refractivity contribution in [2.75, 3.05) is 33.0 Å². The Morgan fingerprint density at radius 3 is 2.62 bits per heavy atom. The molecule has 2 unspecified atom stereocenters. The van der Waals surface area contributed by atoms with Gasteiger partial charge in [0.1, 0.15) is 10.6 Å². The van der Waals surface area contributed by atoms with E-state index in [9.17, 15) is 8.42 Å². The molecule has 0 spiro atoms. The van der Waals surface area contributed by atoms with Gasteiger partial charge in [0.2, 0.25) is 10.0 Å². The second-order valence-electron chi connectivity index (χ2n) is 5.31. The van der Waals surface area contributed by atoms with Gasteiger partial charge in [-0.05, 0) is 24.5 Å². The zero-order valence-electron chi connectivity index (χ0n) is 12.6. The standard InChI is InChI=1S/C14H22N2O4S/c1-10-6-7-16(9-13(10)20-3)21(17,18)14-5-4-11(19-2)8-12(14)15/h4-5,8,10,13H,6-7,9,15H2,1-3H3. The summed E-state index contributed by atoms with van der Waals surface area (Å²) >= 11 is 0. The first kappa shape index (κ1) is 16.1. The van der Waals surface area contributed by atoms with Crippen molar-refractivity contribution in [3.63, 3.8) is 0 Å². The van der Waals surface area contributed by atoms with E-state index in [1.165, 1.54) is 23.5 Å². The molecule has 0 bridgehead atoms. The number of hydrogen-bond acceptors (Lipinski definition) is 5. The molecule has 0 saturated carbocycles. The maximum absolute atomic E-state index is 12.7. The molecular weight excluding hydrogens is 292 g/mol. The van der Waals surface area contributed by atoms with Crippen molar-refractivity contribution in [1.29, 1.82) is 0 Å². The molecule has 7 heteroatoms. The molecule has 1 aliphatic rings. The maximum Gasteiger partial charge on any atom is 0.245 e. The van der Waals surface area contributed by atoms with Crippen molar-refractivity contribution in [3.05, 3.63) is 18.2 Å². The van der Waals surface area contributed by atoms with Gasteiger partial charge in [-0.1, -0.05) is 6.92 Å². The van der Waals surface area contributed by atoms with Gasteiger partial charge in [0, 0.05) is 26.3 Å². The van der Waals surface area contributed by atoms with Crippen LogP contribution in [0.4, 0.5) is 5.69 Å². The number of rotatable bonds is 4. The topological polar surface area (TPSA) is 81.9 Å². The average Bonchev–Trinajstić information content (AvgIpc) is 2.47. The van der Waals surface area contributed by atoms with E-state index < -0.39 is 10.0 Å². The molecule has 21 heavy (non-hydrogen) atoms. The fourth-order valence-electron chi connectivity index (χ4n) is 2.56. The minimum Gasteiger partial charge on any atom is -0.497 e. The van der Waals surface area contributed by atoms with Crippen LogP contribution in [0.1, 0.15) is 13.3 Å². The second-order valence-corrected chi connectivity index (χ2v) is 7.21. The third-order valence-corrected chi connectivity index (χ3v) is 5.93. The zero-order valence-corrected chi connectivity index (χ0v) is 13.4. The molecule has 0 radical (unpaired) electrons. The summed E-state index contributed by atoms with van der Waals surface area (Å²) in [5.41, 5.74) is 6.06. The van der Waals surface area contributed by atoms with Gasteiger partial charge in [-0.2, -0.15) is 4.31 Å². The van der Waals surface area contributed by atoms with E-state index in [-0.39, 0.29) is 16.7 Å². The Kier molecular flexibility index (Phi) is 4.75. The van der Waals surface area contributed by atoms with Gasteiger partial charge >= 0.3 is 0 Å². The van der Waals surface area contributed by atoms with E-state index in [0.29, 0.717) is 24.8 Å². The Labute approximate surface area is 125 Å². The van der Waals surface area contributed by atoms with Crippen molar-refractivity contribution in [2.45, 2.75) is 24.3 Å². The summed E-state index contributed by atoms with van der Waals surface area (Å²) in [6.45, 7) is 2.90. The number of nitrogens with two attached hydrogens (primary N) is 1. The fourth-order valence-corrected chi connectivity index (χ4v) is 4.12. The minimum atomic E-state index is -3.61. The van der Waals surface area contributed by atoms with E-state index in [0.717, 1.165) is 6.42 Å². The Balaban J connectivity index is 2.30. The molecule has 1 heterocycles. The van der Waals surface area contributed by atoms with Crippen LogP contribution < -0.4 is 10.5 Å². The number of hydrogen-bond donors (Lipinski definition) is 1. The van der Waals surface area contributed by atoms with E-state index >= 15 is 0 Å². The largest absolute Gasteiger partial charge is 0.497 e. The predicted molar refractivity (Wildman–Crippen MR) is 80.7 cm³/mol. The van der Waals surface area contributed by atoms with Crippen LogP contribution >= 0.6 is 0 Å². The van der Waals surface area contributed by atoms with Gasteiger partial charge < -0.3 is 15.2 Å². The lowest BCUT2D eigenvalue weighted by Crippen LogP contribution is -2.46. The molecule has 2 atom stereocenters. The van der Waals surface area contributed by atoms with Crippen molar-refractivity contribution in [2.24, 2.45) is 5.92 Å². The van der Waals surface area contributed by atoms with E-state index in [4.69, 9.17) is 15.2 Å². The highest BCUT2D eigenvalue weighted by atomic mass is 32.2. The Morgan fingerprint density at radius 2 is 2.05 bits per heavy atom. The van der Waals surface area contributed by atoms with Gasteiger partial charge in [-0.3, -0.25) is 0 Å². The van der Waals surface area contributed by atoms with E-state index in [1.54, 1.807) is 13.2 Å². The average molecular weight is 314 g/mol. The smallest absolute Gasteiger partial charge is 0.245 e. The van der Waals surface area contributed by atoms with Crippen LogP contribution in [-0.4, -0.2) is 46.1 Å². The molecule has 0 amide bonds. The summed E-state index contributed by atoms with van der Waals surface area (Å²) < 4.78 is 37.3. The Bertz CT molecular complexity index is 603. The molecule has 6 nitrogen and oxygen atoms in total. The highest BCUT2D eigenvalue weighted by molar-refractivity contribution is 7.89. The van der Waals surface area contributed by atoms with Crippen LogP contribution in [0.15, 0.2) is 23.1 Å². The monoisotopic (exact) mass is 314 g/mol. The summed E-state index contributed by atoms with van der Waals surface area (Å²) in [5.74, 6) is 0.878. The summed E-state index contributed by atoms with van der Waals surface area (Å²) in [4.78, 5) is 0.118. The molecule has 1 aliphatic heterocycles. The first-order chi connectivity index (χ1) is 9.90. The van der Waals surface area contributed by atoms with E-state index in [1.807, 2.05) is 0 Å². The SMILES string of the molecule is COc1ccc(S(=O)(=O)N2CCC(C)C(OC)C2)c(N)c1. The molecule has 0 aliphatic carbocycles. The number of benzene rings is 1. The third-order valence-electron chi connectivity index (χ3n) is 3.99. The molecule has 1 saturated heterocycles. The molecule has 2 rings (SSSR count). The van der Waals surface area contributed by atoms with Crippen LogP contribution in [-0.2, 0) is 14.8 Å². The highest BCUT2D eigenvalue weighted by Gasteiger charge is 2.34. The number of piperidine rings is 1. The number of ether oxygens (including phenoxy) is 2. The summed E-state index contributed by atoms with van der Waals surface area (Å²) in [6.07, 6.45) is 0.682. The highest BCUT2D eigenvalue weighted by Crippen LogP contribution is 2.29. The van der Waals surface area contributed by atoms with Crippen molar-refractivity contribution in [1.82, 2.24) is 4.31 Å². The van der Waals surface area contributed by atoms with Crippen LogP contribution in [0.2, 0.25) is 0 Å². The summed E-state index contributed by atoms with van der Waals surface area (Å²) in [7, 11) is -0.489. The van der Waals surface area contributed by atoms with Crippen LogP contribution in [0.3, 0.4) is 0 Å². The van der Waals surface area contributed by atoms with Crippen LogP contribution in [0, 0.1) is 5.92 Å². The zero-order chi connectivity index (χ0) is 15.6. The second kappa shape index (κ2) is 6.21. The van der Waals surface area contributed by atoms with Gasteiger partial charge in [0.15, 0.2) is 0 Å². The third kappa shape index (κ3) is 3.14. The van der Waals surface area contributed by atoms with Crippen LogP contribution in [0.25, 0.3) is 0 Å².